The first-order valence-electron chi connectivity index (χ1n) is 14.7. The molecule has 0 aromatic heterocycles. The fourth-order valence-corrected chi connectivity index (χ4v) is 6.47. The Balaban J connectivity index is 1.45. The van der Waals surface area contributed by atoms with Crippen molar-refractivity contribution in [3.63, 3.8) is 0 Å². The van der Waals surface area contributed by atoms with E-state index in [1.807, 2.05) is 36.4 Å². The van der Waals surface area contributed by atoms with Crippen molar-refractivity contribution in [3.05, 3.63) is 144 Å². The molecule has 0 radical (unpaired) electrons. The average molecular weight is 563 g/mol. The fourth-order valence-electron chi connectivity index (χ4n) is 6.47. The van der Waals surface area contributed by atoms with Gasteiger partial charge in [-0.1, -0.05) is 98.8 Å². The van der Waals surface area contributed by atoms with Crippen LogP contribution in [0.25, 0.3) is 32.7 Å². The van der Waals surface area contributed by atoms with Gasteiger partial charge in [0.1, 0.15) is 11.5 Å². The summed E-state index contributed by atoms with van der Waals surface area (Å²) in [5, 5.41) is 4.15. The van der Waals surface area contributed by atoms with Gasteiger partial charge in [0, 0.05) is 12.8 Å². The van der Waals surface area contributed by atoms with Gasteiger partial charge in [-0.05, 0) is 91.3 Å². The third-order valence-electron chi connectivity index (χ3n) is 8.48. The van der Waals surface area contributed by atoms with Crippen LogP contribution in [0.1, 0.15) is 48.9 Å². The van der Waals surface area contributed by atoms with E-state index in [0.29, 0.717) is 24.3 Å². The molecule has 6 aromatic carbocycles. The largest absolute Gasteiger partial charge is 0.427 e. The lowest BCUT2D eigenvalue weighted by molar-refractivity contribution is -0.134. The summed E-state index contributed by atoms with van der Waals surface area (Å²) in [6.45, 7) is 3.58. The molecule has 0 spiro atoms. The molecule has 0 unspecified atom stereocenters. The molecule has 4 heteroatoms. The van der Waals surface area contributed by atoms with Crippen molar-refractivity contribution in [2.75, 3.05) is 0 Å². The highest BCUT2D eigenvalue weighted by molar-refractivity contribution is 5.92. The molecule has 7 rings (SSSR count). The molecule has 0 saturated heterocycles. The monoisotopic (exact) mass is 562 g/mol. The molecule has 0 aliphatic heterocycles. The van der Waals surface area contributed by atoms with Crippen LogP contribution in [-0.2, 0) is 15.0 Å². The summed E-state index contributed by atoms with van der Waals surface area (Å²) < 4.78 is 11.0. The molecular weight excluding hydrogens is 532 g/mol. The van der Waals surface area contributed by atoms with Crippen LogP contribution in [0.3, 0.4) is 0 Å². The molecule has 43 heavy (non-hydrogen) atoms. The van der Waals surface area contributed by atoms with Crippen LogP contribution in [-0.4, -0.2) is 11.9 Å². The third-order valence-corrected chi connectivity index (χ3v) is 8.48. The highest BCUT2D eigenvalue weighted by atomic mass is 16.5. The van der Waals surface area contributed by atoms with Gasteiger partial charge in [0.05, 0.1) is 5.41 Å². The van der Waals surface area contributed by atoms with Crippen LogP contribution in [0.4, 0.5) is 0 Å². The normalized spacial score (nSPS) is 13.0. The minimum absolute atomic E-state index is 0.249. The lowest BCUT2D eigenvalue weighted by Crippen LogP contribution is -2.28. The topological polar surface area (TPSA) is 52.6 Å². The van der Waals surface area contributed by atoms with Crippen LogP contribution in [0.5, 0.6) is 11.5 Å². The Hall–Kier alpha value is -5.22. The van der Waals surface area contributed by atoms with Crippen LogP contribution < -0.4 is 9.47 Å². The van der Waals surface area contributed by atoms with E-state index < -0.39 is 5.41 Å². The number of carbonyl (C=O) groups is 2. The lowest BCUT2D eigenvalue weighted by atomic mass is 9.67. The van der Waals surface area contributed by atoms with Crippen LogP contribution in [0.15, 0.2) is 121 Å². The quantitative estimate of drug-likeness (QED) is 0.150. The molecule has 0 fully saturated rings. The van der Waals surface area contributed by atoms with Crippen molar-refractivity contribution < 1.29 is 19.1 Å². The molecule has 0 bridgehead atoms. The standard InChI is InChI=1S/C39H30O4/c1-3-37(40)42-31-19-15-25-21-29(17-13-27(25)23-31)39(35-11-7-5-9-33(35)34-10-6-8-12-36(34)39)30-18-14-28-24-32(43-38(41)4-2)20-16-26(28)22-30/h5-24H,3-4H2,1-2H3. The minimum Gasteiger partial charge on any atom is -0.427 e. The smallest absolute Gasteiger partial charge is 0.310 e. The molecule has 0 atom stereocenters. The van der Waals surface area contributed by atoms with Gasteiger partial charge in [-0.3, -0.25) is 9.59 Å². The van der Waals surface area contributed by atoms with Gasteiger partial charge >= 0.3 is 11.9 Å². The zero-order valence-electron chi connectivity index (χ0n) is 24.1. The van der Waals surface area contributed by atoms with Crippen molar-refractivity contribution in [2.45, 2.75) is 32.1 Å². The van der Waals surface area contributed by atoms with Gasteiger partial charge < -0.3 is 9.47 Å². The summed E-state index contributed by atoms with van der Waals surface area (Å²) in [4.78, 5) is 23.8. The second-order valence-corrected chi connectivity index (χ2v) is 10.9. The molecule has 0 heterocycles. The first-order valence-corrected chi connectivity index (χ1v) is 14.7. The number of esters is 2. The molecule has 0 amide bonds. The molecule has 4 nitrogen and oxygen atoms in total. The second kappa shape index (κ2) is 10.6. The number of fused-ring (bicyclic) bond motifs is 5. The predicted octanol–water partition coefficient (Wildman–Crippen LogP) is 8.99. The van der Waals surface area contributed by atoms with Crippen LogP contribution in [0.2, 0.25) is 0 Å². The Morgan fingerprint density at radius 3 is 1.35 bits per heavy atom. The number of rotatable bonds is 6. The number of benzene rings is 6. The van der Waals surface area contributed by atoms with Gasteiger partial charge in [-0.2, -0.15) is 0 Å². The average Bonchev–Trinajstić information content (AvgIpc) is 3.35. The first-order chi connectivity index (χ1) is 21.0. The molecule has 6 aromatic rings. The number of carbonyl (C=O) groups excluding carboxylic acids is 2. The van der Waals surface area contributed by atoms with E-state index in [1.54, 1.807) is 13.8 Å². The van der Waals surface area contributed by atoms with E-state index in [-0.39, 0.29) is 11.9 Å². The summed E-state index contributed by atoms with van der Waals surface area (Å²) in [6, 6.07) is 42.1. The van der Waals surface area contributed by atoms with Crippen molar-refractivity contribution in [3.8, 4) is 22.6 Å². The SMILES string of the molecule is CCC(=O)Oc1ccc2cc(C3(c4ccc5cc(OC(=O)CC)ccc5c4)c4ccccc4-c4ccccc43)ccc2c1. The van der Waals surface area contributed by atoms with Crippen molar-refractivity contribution in [2.24, 2.45) is 0 Å². The maximum absolute atomic E-state index is 11.9. The molecular formula is C39H30O4. The fraction of sp³-hybridized carbons (Fsp3) is 0.128. The number of hydrogen-bond donors (Lipinski definition) is 0. The summed E-state index contributed by atoms with van der Waals surface area (Å²) in [6.07, 6.45) is 0.657. The summed E-state index contributed by atoms with van der Waals surface area (Å²) in [5.74, 6) is 0.607. The van der Waals surface area contributed by atoms with E-state index in [2.05, 4.69) is 84.9 Å². The van der Waals surface area contributed by atoms with Gasteiger partial charge in [0.25, 0.3) is 0 Å². The van der Waals surface area contributed by atoms with Crippen molar-refractivity contribution in [1.29, 1.82) is 0 Å². The number of ether oxygens (including phenoxy) is 2. The highest BCUT2D eigenvalue weighted by Crippen LogP contribution is 2.56. The zero-order valence-corrected chi connectivity index (χ0v) is 24.1. The first kappa shape index (κ1) is 26.7. The van der Waals surface area contributed by atoms with Gasteiger partial charge in [-0.25, -0.2) is 0 Å². The van der Waals surface area contributed by atoms with Crippen LogP contribution >= 0.6 is 0 Å². The Labute approximate surface area is 250 Å². The molecule has 0 saturated carbocycles. The van der Waals surface area contributed by atoms with Crippen molar-refractivity contribution >= 4 is 33.5 Å². The summed E-state index contributed by atoms with van der Waals surface area (Å²) >= 11 is 0. The predicted molar refractivity (Wildman–Crippen MR) is 171 cm³/mol. The zero-order chi connectivity index (χ0) is 29.6. The molecule has 0 N–H and O–H groups in total. The molecule has 210 valence electrons. The Morgan fingerprint density at radius 2 is 0.907 bits per heavy atom. The van der Waals surface area contributed by atoms with Gasteiger partial charge in [0.2, 0.25) is 0 Å². The molecule has 1 aliphatic carbocycles. The maximum atomic E-state index is 11.9. The van der Waals surface area contributed by atoms with E-state index in [4.69, 9.17) is 9.47 Å². The lowest BCUT2D eigenvalue weighted by Gasteiger charge is -2.34. The third kappa shape index (κ3) is 4.38. The van der Waals surface area contributed by atoms with E-state index in [1.165, 1.54) is 22.3 Å². The Morgan fingerprint density at radius 1 is 0.512 bits per heavy atom. The summed E-state index contributed by atoms with van der Waals surface area (Å²) in [5.41, 5.74) is 6.67. The Kier molecular flexibility index (Phi) is 6.55. The van der Waals surface area contributed by atoms with Crippen molar-refractivity contribution in [1.82, 2.24) is 0 Å². The maximum Gasteiger partial charge on any atom is 0.310 e. The van der Waals surface area contributed by atoms with E-state index in [9.17, 15) is 9.59 Å². The Bertz CT molecular complexity index is 1910. The molecule has 1 aliphatic rings. The second-order valence-electron chi connectivity index (χ2n) is 10.9. The summed E-state index contributed by atoms with van der Waals surface area (Å²) in [7, 11) is 0. The highest BCUT2D eigenvalue weighted by Gasteiger charge is 2.46. The van der Waals surface area contributed by atoms with Gasteiger partial charge in [-0.15, -0.1) is 0 Å². The van der Waals surface area contributed by atoms with E-state index in [0.717, 1.165) is 32.7 Å². The van der Waals surface area contributed by atoms with Gasteiger partial charge in [0.15, 0.2) is 0 Å². The van der Waals surface area contributed by atoms with E-state index >= 15 is 0 Å². The number of hydrogen-bond acceptors (Lipinski definition) is 4. The minimum atomic E-state index is -0.559. The van der Waals surface area contributed by atoms with Crippen LogP contribution in [0, 0.1) is 0 Å².